The summed E-state index contributed by atoms with van der Waals surface area (Å²) in [5, 5.41) is 6.73. The Morgan fingerprint density at radius 2 is 1.37 bits per heavy atom. The monoisotopic (exact) mass is 514 g/mol. The Kier molecular flexibility index (Phi) is 16.1. The summed E-state index contributed by atoms with van der Waals surface area (Å²) >= 11 is 0. The molecular weight excluding hydrogens is 472 g/mol. The van der Waals surface area contributed by atoms with E-state index in [1.54, 1.807) is 24.3 Å². The molecule has 0 saturated heterocycles. The number of carbonyl (C=O) groups excluding carboxylic acids is 1. The van der Waals surface area contributed by atoms with E-state index in [2.05, 4.69) is 6.92 Å². The van der Waals surface area contributed by atoms with Crippen molar-refractivity contribution in [3.05, 3.63) is 30.3 Å². The van der Waals surface area contributed by atoms with E-state index in [0.717, 1.165) is 25.7 Å². The first-order valence-corrected chi connectivity index (χ1v) is 14.3. The van der Waals surface area contributed by atoms with E-state index in [1.807, 2.05) is 6.07 Å². The van der Waals surface area contributed by atoms with Gasteiger partial charge in [0.2, 0.25) is 0 Å². The van der Waals surface area contributed by atoms with Crippen molar-refractivity contribution >= 4 is 22.1 Å². The minimum Gasteiger partial charge on any atom is -0.490 e. The third-order valence-corrected chi connectivity index (χ3v) is 6.90. The average Bonchev–Trinajstić information content (AvgIpc) is 2.81. The lowest BCUT2D eigenvalue weighted by atomic mass is 10.0. The number of aliphatic carboxylic acids is 1. The second kappa shape index (κ2) is 18.2. The van der Waals surface area contributed by atoms with E-state index in [0.29, 0.717) is 12.2 Å². The smallest absolute Gasteiger partial charge is 0.327 e. The quantitative estimate of drug-likeness (QED) is 0.120. The molecule has 0 aliphatic heterocycles. The number of esters is 1. The standard InChI is InChI=1S/C26H42O8S/c1-2-3-4-5-6-7-8-9-10-11-12-14-19-23(21-33-22-17-15-13-16-18-22)34-26(29)24(20-25(27)28)35(30,31)32/h13,15-18,23-24H,2-12,14,19-21H2,1H3,(H,27,28)(H,30,31,32). The molecule has 9 heteroatoms. The summed E-state index contributed by atoms with van der Waals surface area (Å²) in [6.07, 6.45) is 12.8. The molecular formula is C26H42O8S. The number of para-hydroxylation sites is 1. The molecule has 0 aromatic heterocycles. The molecule has 2 N–H and O–H groups in total. The highest BCUT2D eigenvalue weighted by Crippen LogP contribution is 2.17. The van der Waals surface area contributed by atoms with E-state index in [1.165, 1.54) is 51.4 Å². The molecule has 8 nitrogen and oxygen atoms in total. The van der Waals surface area contributed by atoms with Crippen molar-refractivity contribution in [3.63, 3.8) is 0 Å². The number of unbranched alkanes of at least 4 members (excludes halogenated alkanes) is 11. The largest absolute Gasteiger partial charge is 0.490 e. The molecule has 0 amide bonds. The lowest BCUT2D eigenvalue weighted by molar-refractivity contribution is -0.153. The van der Waals surface area contributed by atoms with Gasteiger partial charge in [0.15, 0.2) is 5.25 Å². The molecule has 1 aromatic rings. The topological polar surface area (TPSA) is 127 Å². The van der Waals surface area contributed by atoms with Gasteiger partial charge in [-0.3, -0.25) is 14.1 Å². The zero-order chi connectivity index (χ0) is 25.9. The van der Waals surface area contributed by atoms with Gasteiger partial charge in [-0.2, -0.15) is 8.42 Å². The maximum absolute atomic E-state index is 12.4. The van der Waals surface area contributed by atoms with Crippen LogP contribution in [-0.2, 0) is 24.4 Å². The Labute approximate surface area is 210 Å². The van der Waals surface area contributed by atoms with E-state index in [9.17, 15) is 22.6 Å². The van der Waals surface area contributed by atoms with Crippen LogP contribution in [0.25, 0.3) is 0 Å². The third-order valence-electron chi connectivity index (χ3n) is 5.82. The van der Waals surface area contributed by atoms with Crippen molar-refractivity contribution in [1.82, 2.24) is 0 Å². The number of benzene rings is 1. The molecule has 1 aromatic carbocycles. The number of hydrogen-bond donors (Lipinski definition) is 2. The van der Waals surface area contributed by atoms with Crippen LogP contribution in [0, 0.1) is 0 Å². The van der Waals surface area contributed by atoms with Crippen LogP contribution >= 0.6 is 0 Å². The highest BCUT2D eigenvalue weighted by atomic mass is 32.2. The Balaban J connectivity index is 2.46. The van der Waals surface area contributed by atoms with Gasteiger partial charge in [0.25, 0.3) is 10.1 Å². The number of ether oxygens (including phenoxy) is 2. The van der Waals surface area contributed by atoms with Crippen molar-refractivity contribution in [2.45, 2.75) is 108 Å². The third kappa shape index (κ3) is 15.5. The molecule has 2 atom stereocenters. The van der Waals surface area contributed by atoms with Crippen LogP contribution < -0.4 is 4.74 Å². The summed E-state index contributed by atoms with van der Waals surface area (Å²) in [6.45, 7) is 2.22. The first-order valence-electron chi connectivity index (χ1n) is 12.8. The second-order valence-electron chi connectivity index (χ2n) is 8.96. The molecule has 0 saturated carbocycles. The van der Waals surface area contributed by atoms with Crippen LogP contribution in [0.5, 0.6) is 5.75 Å². The predicted octanol–water partition coefficient (Wildman–Crippen LogP) is 5.80. The molecule has 200 valence electrons. The zero-order valence-corrected chi connectivity index (χ0v) is 21.7. The summed E-state index contributed by atoms with van der Waals surface area (Å²) in [6, 6.07) is 8.91. The van der Waals surface area contributed by atoms with E-state index < -0.39 is 39.8 Å². The second-order valence-corrected chi connectivity index (χ2v) is 10.6. The van der Waals surface area contributed by atoms with Crippen molar-refractivity contribution in [2.75, 3.05) is 6.61 Å². The van der Waals surface area contributed by atoms with Crippen LogP contribution in [0.2, 0.25) is 0 Å². The molecule has 0 aliphatic rings. The molecule has 0 heterocycles. The van der Waals surface area contributed by atoms with Crippen LogP contribution in [0.3, 0.4) is 0 Å². The summed E-state index contributed by atoms with van der Waals surface area (Å²) in [5.41, 5.74) is 0. The van der Waals surface area contributed by atoms with Crippen molar-refractivity contribution in [2.24, 2.45) is 0 Å². The van der Waals surface area contributed by atoms with Gasteiger partial charge >= 0.3 is 11.9 Å². The molecule has 0 aliphatic carbocycles. The Hall–Kier alpha value is -2.13. The van der Waals surface area contributed by atoms with Gasteiger partial charge in [-0.05, 0) is 25.0 Å². The lowest BCUT2D eigenvalue weighted by Gasteiger charge is -2.21. The van der Waals surface area contributed by atoms with Crippen LogP contribution in [0.4, 0.5) is 0 Å². The first kappa shape index (κ1) is 30.9. The van der Waals surface area contributed by atoms with Gasteiger partial charge in [0.1, 0.15) is 18.5 Å². The number of carbonyl (C=O) groups is 2. The zero-order valence-electron chi connectivity index (χ0n) is 20.9. The van der Waals surface area contributed by atoms with Crippen molar-refractivity contribution in [1.29, 1.82) is 0 Å². The minimum atomic E-state index is -4.92. The van der Waals surface area contributed by atoms with Gasteiger partial charge < -0.3 is 14.6 Å². The van der Waals surface area contributed by atoms with E-state index in [4.69, 9.17) is 14.6 Å². The van der Waals surface area contributed by atoms with Crippen LogP contribution in [0.15, 0.2) is 30.3 Å². The fourth-order valence-corrected chi connectivity index (χ4v) is 4.46. The SMILES string of the molecule is CCCCCCCCCCCCCCC(COc1ccccc1)OC(=O)C(CC(=O)O)S(=O)(=O)O. The molecule has 0 spiro atoms. The van der Waals surface area contributed by atoms with Crippen LogP contribution in [-0.4, -0.2) is 48.0 Å². The van der Waals surface area contributed by atoms with E-state index in [-0.39, 0.29) is 6.61 Å². The fraction of sp³-hybridized carbons (Fsp3) is 0.692. The average molecular weight is 515 g/mol. The normalized spacial score (nSPS) is 13.2. The fourth-order valence-electron chi connectivity index (χ4n) is 3.80. The highest BCUT2D eigenvalue weighted by molar-refractivity contribution is 7.87. The maximum Gasteiger partial charge on any atom is 0.327 e. The summed E-state index contributed by atoms with van der Waals surface area (Å²) in [5.74, 6) is -2.24. The van der Waals surface area contributed by atoms with Gasteiger partial charge in [0.05, 0.1) is 6.42 Å². The molecule has 0 fully saturated rings. The minimum absolute atomic E-state index is 0.000940. The molecule has 1 rings (SSSR count). The molecule has 2 unspecified atom stereocenters. The number of carboxylic acid groups (broad SMARTS) is 1. The molecule has 0 bridgehead atoms. The Morgan fingerprint density at radius 1 is 0.857 bits per heavy atom. The Bertz CT molecular complexity index is 810. The van der Waals surface area contributed by atoms with Gasteiger partial charge in [0, 0.05) is 0 Å². The summed E-state index contributed by atoms with van der Waals surface area (Å²) < 4.78 is 43.3. The van der Waals surface area contributed by atoms with Crippen LogP contribution in [0.1, 0.15) is 96.8 Å². The lowest BCUT2D eigenvalue weighted by Crippen LogP contribution is -2.37. The number of carboxylic acids is 1. The van der Waals surface area contributed by atoms with E-state index >= 15 is 0 Å². The Morgan fingerprint density at radius 3 is 1.86 bits per heavy atom. The maximum atomic E-state index is 12.4. The number of rotatable bonds is 21. The van der Waals surface area contributed by atoms with Crippen molar-refractivity contribution < 1.29 is 37.1 Å². The summed E-state index contributed by atoms with van der Waals surface area (Å²) in [7, 11) is -4.92. The van der Waals surface area contributed by atoms with Gasteiger partial charge in [-0.1, -0.05) is 95.8 Å². The van der Waals surface area contributed by atoms with Gasteiger partial charge in [-0.15, -0.1) is 0 Å². The summed E-state index contributed by atoms with van der Waals surface area (Å²) in [4.78, 5) is 23.3. The highest BCUT2D eigenvalue weighted by Gasteiger charge is 2.36. The molecule has 0 radical (unpaired) electrons. The molecule has 35 heavy (non-hydrogen) atoms. The first-order chi connectivity index (χ1) is 16.7. The predicted molar refractivity (Wildman–Crippen MR) is 135 cm³/mol. The van der Waals surface area contributed by atoms with Gasteiger partial charge in [-0.25, -0.2) is 0 Å². The van der Waals surface area contributed by atoms with Crippen molar-refractivity contribution in [3.8, 4) is 5.75 Å². The number of hydrogen-bond acceptors (Lipinski definition) is 6.